The van der Waals surface area contributed by atoms with E-state index in [1.54, 1.807) is 0 Å². The average molecular weight is 200 g/mol. The minimum Gasteiger partial charge on any atom is -0.392 e. The van der Waals surface area contributed by atoms with E-state index in [2.05, 4.69) is 10.6 Å². The number of β-amino-alcohol motifs (C(OH)–C–C–N with tert-alkyl or cyclic N) is 1. The fourth-order valence-electron chi connectivity index (χ4n) is 2.55. The van der Waals surface area contributed by atoms with E-state index in [1.165, 1.54) is 39.2 Å². The van der Waals surface area contributed by atoms with Crippen molar-refractivity contribution in [2.24, 2.45) is 5.73 Å². The lowest BCUT2D eigenvalue weighted by Gasteiger charge is -2.30. The number of likely N-dealkylation sites (tertiary alicyclic amines) is 1. The Kier molecular flexibility index (Phi) is 5.45. The first kappa shape index (κ1) is 12.0. The molecule has 0 aromatic heterocycles. The zero-order valence-electron chi connectivity index (χ0n) is 9.28. The smallest absolute Gasteiger partial charge is 0.0679 e. The normalized spacial score (nSPS) is 29.8. The van der Waals surface area contributed by atoms with Gasteiger partial charge in [-0.15, -0.1) is 0 Å². The molecule has 0 amide bonds. The maximum absolute atomic E-state index is 9.39. The molecule has 1 aliphatic heterocycles. The van der Waals surface area contributed by atoms with Crippen molar-refractivity contribution in [3.05, 3.63) is 0 Å². The van der Waals surface area contributed by atoms with E-state index in [0.717, 1.165) is 25.6 Å². The number of aliphatic hydroxyl groups excluding tert-OH is 1. The topological polar surface area (TPSA) is 49.5 Å². The predicted molar refractivity (Wildman–Crippen MR) is 59.2 cm³/mol. The minimum atomic E-state index is -0.0353. The van der Waals surface area contributed by atoms with E-state index in [1.807, 2.05) is 0 Å². The molecule has 2 fully saturated rings. The van der Waals surface area contributed by atoms with Crippen LogP contribution in [0.4, 0.5) is 0 Å². The highest BCUT2D eigenvalue weighted by Crippen LogP contribution is 2.25. The molecule has 1 saturated heterocycles. The number of hydrogen-bond donors (Lipinski definition) is 2. The van der Waals surface area contributed by atoms with Crippen molar-refractivity contribution in [2.45, 2.75) is 50.7 Å². The molecule has 3 N–H and O–H groups in total. The van der Waals surface area contributed by atoms with Gasteiger partial charge in [0, 0.05) is 19.1 Å². The summed E-state index contributed by atoms with van der Waals surface area (Å²) < 4.78 is 0. The van der Waals surface area contributed by atoms with Crippen molar-refractivity contribution in [1.82, 2.24) is 4.90 Å². The number of nitrogens with zero attached hydrogens (tertiary/aromatic N) is 1. The van der Waals surface area contributed by atoms with Crippen molar-refractivity contribution < 1.29 is 5.11 Å². The molecule has 3 heteroatoms. The van der Waals surface area contributed by atoms with Gasteiger partial charge < -0.3 is 10.8 Å². The van der Waals surface area contributed by atoms with Crippen molar-refractivity contribution in [3.8, 4) is 0 Å². The molecule has 2 rings (SSSR count). The lowest BCUT2D eigenvalue weighted by molar-refractivity contribution is 0.142. The number of hydrogen-bond acceptors (Lipinski definition) is 3. The first-order chi connectivity index (χ1) is 6.86. The lowest BCUT2D eigenvalue weighted by Crippen LogP contribution is -2.35. The summed E-state index contributed by atoms with van der Waals surface area (Å²) in [6.45, 7) is 2.07. The first-order valence-electron chi connectivity index (χ1n) is 5.86. The van der Waals surface area contributed by atoms with E-state index in [9.17, 15) is 5.11 Å². The Balaban J connectivity index is 0.000000461. The molecule has 1 saturated carbocycles. The summed E-state index contributed by atoms with van der Waals surface area (Å²) >= 11 is 0. The molecular formula is C11H24N2O. The van der Waals surface area contributed by atoms with Gasteiger partial charge in [-0.2, -0.15) is 0 Å². The Morgan fingerprint density at radius 3 is 2.21 bits per heavy atom. The van der Waals surface area contributed by atoms with Crippen molar-refractivity contribution in [1.29, 1.82) is 0 Å². The molecule has 3 nitrogen and oxygen atoms in total. The summed E-state index contributed by atoms with van der Waals surface area (Å²) in [4.78, 5) is 2.49. The Hall–Kier alpha value is -0.120. The van der Waals surface area contributed by atoms with Crippen LogP contribution < -0.4 is 5.73 Å². The van der Waals surface area contributed by atoms with Crippen molar-refractivity contribution >= 4 is 0 Å². The van der Waals surface area contributed by atoms with Gasteiger partial charge in [0.2, 0.25) is 0 Å². The molecule has 1 aliphatic carbocycles. The number of nitrogens with two attached hydrogens (primary N) is 1. The van der Waals surface area contributed by atoms with Crippen LogP contribution in [-0.2, 0) is 0 Å². The highest BCUT2D eigenvalue weighted by molar-refractivity contribution is 4.82. The highest BCUT2D eigenvalue weighted by atomic mass is 16.3. The van der Waals surface area contributed by atoms with Crippen LogP contribution in [0.3, 0.4) is 0 Å². The van der Waals surface area contributed by atoms with Crippen LogP contribution in [0.1, 0.15) is 38.5 Å². The number of rotatable bonds is 1. The average Bonchev–Trinajstić information content (AvgIpc) is 2.69. The summed E-state index contributed by atoms with van der Waals surface area (Å²) in [6.07, 6.45) is 7.92. The largest absolute Gasteiger partial charge is 0.392 e. The maximum atomic E-state index is 9.39. The molecule has 1 heterocycles. The standard InChI is InChI=1S/C10H19NO.CH5N/c12-10-6-7-11(8-10)9-4-2-1-3-5-9;1-2/h9-10,12H,1-8H2;2H2,1H3/t10-;/m0./s1. The fraction of sp³-hybridized carbons (Fsp3) is 1.00. The van der Waals surface area contributed by atoms with Gasteiger partial charge in [-0.25, -0.2) is 0 Å². The second kappa shape index (κ2) is 6.38. The molecule has 0 aromatic carbocycles. The molecule has 14 heavy (non-hydrogen) atoms. The fourth-order valence-corrected chi connectivity index (χ4v) is 2.55. The van der Waals surface area contributed by atoms with Gasteiger partial charge in [0.25, 0.3) is 0 Å². The van der Waals surface area contributed by atoms with Crippen LogP contribution in [0.2, 0.25) is 0 Å². The third kappa shape index (κ3) is 3.23. The van der Waals surface area contributed by atoms with Crippen LogP contribution in [0.15, 0.2) is 0 Å². The van der Waals surface area contributed by atoms with Crippen LogP contribution in [0.25, 0.3) is 0 Å². The molecule has 0 radical (unpaired) electrons. The second-order valence-electron chi connectivity index (χ2n) is 4.23. The summed E-state index contributed by atoms with van der Waals surface area (Å²) in [5.41, 5.74) is 4.50. The van der Waals surface area contributed by atoms with E-state index >= 15 is 0 Å². The van der Waals surface area contributed by atoms with E-state index < -0.39 is 0 Å². The van der Waals surface area contributed by atoms with Crippen LogP contribution in [0.5, 0.6) is 0 Å². The molecule has 0 aromatic rings. The van der Waals surface area contributed by atoms with E-state index in [-0.39, 0.29) is 6.10 Å². The zero-order valence-corrected chi connectivity index (χ0v) is 9.28. The van der Waals surface area contributed by atoms with Gasteiger partial charge in [-0.1, -0.05) is 19.3 Å². The van der Waals surface area contributed by atoms with Gasteiger partial charge in [0.05, 0.1) is 6.10 Å². The SMILES string of the molecule is CN.O[C@H]1CCN(C2CCCCC2)C1. The minimum absolute atomic E-state index is 0.0353. The van der Waals surface area contributed by atoms with Crippen LogP contribution in [-0.4, -0.2) is 42.3 Å². The van der Waals surface area contributed by atoms with Crippen molar-refractivity contribution in [2.75, 3.05) is 20.1 Å². The molecular weight excluding hydrogens is 176 g/mol. The summed E-state index contributed by atoms with van der Waals surface area (Å²) in [5, 5.41) is 9.39. The Morgan fingerprint density at radius 1 is 1.07 bits per heavy atom. The highest BCUT2D eigenvalue weighted by Gasteiger charge is 2.27. The second-order valence-corrected chi connectivity index (χ2v) is 4.23. The Bertz CT molecular complexity index is 143. The molecule has 84 valence electrons. The first-order valence-corrected chi connectivity index (χ1v) is 5.86. The monoisotopic (exact) mass is 200 g/mol. The summed E-state index contributed by atoms with van der Waals surface area (Å²) in [5.74, 6) is 0. The zero-order chi connectivity index (χ0) is 10.4. The Labute approximate surface area is 87.3 Å². The molecule has 0 unspecified atom stereocenters. The van der Waals surface area contributed by atoms with Crippen LogP contribution >= 0.6 is 0 Å². The van der Waals surface area contributed by atoms with Gasteiger partial charge in [-0.3, -0.25) is 4.90 Å². The lowest BCUT2D eigenvalue weighted by atomic mass is 9.94. The van der Waals surface area contributed by atoms with Crippen molar-refractivity contribution in [3.63, 3.8) is 0 Å². The van der Waals surface area contributed by atoms with Gasteiger partial charge in [0.1, 0.15) is 0 Å². The van der Waals surface area contributed by atoms with Gasteiger partial charge >= 0.3 is 0 Å². The molecule has 1 atom stereocenters. The third-order valence-electron chi connectivity index (χ3n) is 3.29. The number of aliphatic hydroxyl groups is 1. The van der Waals surface area contributed by atoms with Crippen LogP contribution in [0, 0.1) is 0 Å². The van der Waals surface area contributed by atoms with Gasteiger partial charge in [0.15, 0.2) is 0 Å². The quantitative estimate of drug-likeness (QED) is 0.663. The van der Waals surface area contributed by atoms with Gasteiger partial charge in [-0.05, 0) is 26.3 Å². The predicted octanol–water partition coefficient (Wildman–Crippen LogP) is 0.961. The molecule has 0 spiro atoms. The van der Waals surface area contributed by atoms with E-state index in [4.69, 9.17) is 0 Å². The molecule has 0 bridgehead atoms. The summed E-state index contributed by atoms with van der Waals surface area (Å²) in [6, 6.07) is 0.802. The summed E-state index contributed by atoms with van der Waals surface area (Å²) in [7, 11) is 1.50. The third-order valence-corrected chi connectivity index (χ3v) is 3.29. The Morgan fingerprint density at radius 2 is 1.71 bits per heavy atom. The van der Waals surface area contributed by atoms with E-state index in [0.29, 0.717) is 0 Å². The molecule has 2 aliphatic rings. The maximum Gasteiger partial charge on any atom is 0.0679 e.